The van der Waals surface area contributed by atoms with Crippen LogP contribution < -0.4 is 5.73 Å². The first-order chi connectivity index (χ1) is 10.0. The van der Waals surface area contributed by atoms with E-state index in [0.717, 1.165) is 36.1 Å². The van der Waals surface area contributed by atoms with Gasteiger partial charge in [-0.2, -0.15) is 5.10 Å². The molecule has 0 unspecified atom stereocenters. The van der Waals surface area contributed by atoms with Gasteiger partial charge in [0.1, 0.15) is 0 Å². The molecule has 0 spiro atoms. The Labute approximate surface area is 134 Å². The molecule has 2 N–H and O–H groups in total. The number of rotatable bonds is 6. The first-order valence-corrected chi connectivity index (χ1v) is 8.85. The minimum Gasteiger partial charge on any atom is -0.330 e. The van der Waals surface area contributed by atoms with Crippen LogP contribution in [0.5, 0.6) is 0 Å². The predicted octanol–water partition coefficient (Wildman–Crippen LogP) is 4.34. The highest BCUT2D eigenvalue weighted by Gasteiger charge is 2.35. The molecule has 1 heterocycles. The zero-order chi connectivity index (χ0) is 15.5. The minimum atomic E-state index is 0.229. The number of nitrogens with zero attached hydrogens (tertiary/aromatic N) is 2. The van der Waals surface area contributed by atoms with Gasteiger partial charge in [-0.25, -0.2) is 0 Å². The molecule has 0 saturated heterocycles. The quantitative estimate of drug-likeness (QED) is 0.849. The van der Waals surface area contributed by atoms with Crippen molar-refractivity contribution in [1.29, 1.82) is 0 Å². The van der Waals surface area contributed by atoms with Crippen LogP contribution in [0.1, 0.15) is 63.8 Å². The lowest BCUT2D eigenvalue weighted by atomic mass is 9.67. The van der Waals surface area contributed by atoms with Gasteiger partial charge in [0.05, 0.1) is 16.4 Å². The third-order valence-electron chi connectivity index (χ3n) is 5.29. The smallest absolute Gasteiger partial charge is 0.0847 e. The van der Waals surface area contributed by atoms with Gasteiger partial charge >= 0.3 is 0 Å². The summed E-state index contributed by atoms with van der Waals surface area (Å²) in [6, 6.07) is 0. The minimum absolute atomic E-state index is 0.229. The maximum absolute atomic E-state index is 6.49. The van der Waals surface area contributed by atoms with Crippen molar-refractivity contribution in [2.24, 2.45) is 17.1 Å². The molecule has 0 radical (unpaired) electrons. The molecule has 4 heteroatoms. The molecular weight excluding hydrogens is 282 g/mol. The highest BCUT2D eigenvalue weighted by molar-refractivity contribution is 6.31. The Morgan fingerprint density at radius 2 is 2.00 bits per heavy atom. The van der Waals surface area contributed by atoms with Crippen molar-refractivity contribution in [2.75, 3.05) is 6.54 Å². The van der Waals surface area contributed by atoms with E-state index in [4.69, 9.17) is 17.3 Å². The summed E-state index contributed by atoms with van der Waals surface area (Å²) < 4.78 is 2.06. The van der Waals surface area contributed by atoms with Crippen molar-refractivity contribution >= 4 is 11.6 Å². The molecule has 21 heavy (non-hydrogen) atoms. The van der Waals surface area contributed by atoms with Crippen LogP contribution in [-0.4, -0.2) is 16.3 Å². The lowest BCUT2D eigenvalue weighted by molar-refractivity contribution is 0.148. The van der Waals surface area contributed by atoms with Crippen LogP contribution in [0.3, 0.4) is 0 Å². The topological polar surface area (TPSA) is 43.8 Å². The van der Waals surface area contributed by atoms with E-state index in [-0.39, 0.29) is 5.41 Å². The molecule has 2 rings (SSSR count). The van der Waals surface area contributed by atoms with Crippen molar-refractivity contribution in [3.63, 3.8) is 0 Å². The zero-order valence-electron chi connectivity index (χ0n) is 13.8. The predicted molar refractivity (Wildman–Crippen MR) is 89.7 cm³/mol. The van der Waals surface area contributed by atoms with Crippen LogP contribution >= 0.6 is 11.6 Å². The molecule has 1 aromatic heterocycles. The van der Waals surface area contributed by atoms with Gasteiger partial charge in [-0.1, -0.05) is 31.4 Å². The third-order valence-corrected chi connectivity index (χ3v) is 5.78. The molecule has 0 bridgehead atoms. The maximum atomic E-state index is 6.49. The Morgan fingerprint density at radius 3 is 2.52 bits per heavy atom. The molecule has 1 aliphatic rings. The van der Waals surface area contributed by atoms with Gasteiger partial charge in [0.25, 0.3) is 0 Å². The standard InChI is InChI=1S/C17H30ClN3/c1-4-6-14-7-9-17(12-19,10-8-14)11-15-16(18)13(3)20-21(15)5-2/h14H,4-12,19H2,1-3H3. The highest BCUT2D eigenvalue weighted by atomic mass is 35.5. The maximum Gasteiger partial charge on any atom is 0.0847 e. The Kier molecular flexibility index (Phi) is 5.73. The Morgan fingerprint density at radius 1 is 1.33 bits per heavy atom. The van der Waals surface area contributed by atoms with Crippen molar-refractivity contribution in [3.8, 4) is 0 Å². The van der Waals surface area contributed by atoms with E-state index in [1.165, 1.54) is 44.2 Å². The van der Waals surface area contributed by atoms with Crippen molar-refractivity contribution in [1.82, 2.24) is 9.78 Å². The summed E-state index contributed by atoms with van der Waals surface area (Å²) in [5, 5.41) is 5.40. The average Bonchev–Trinajstić information content (AvgIpc) is 2.77. The first kappa shape index (κ1) is 16.8. The lowest BCUT2D eigenvalue weighted by Gasteiger charge is -2.39. The molecule has 0 aromatic carbocycles. The molecule has 1 saturated carbocycles. The normalized spacial score (nSPS) is 26.2. The van der Waals surface area contributed by atoms with Gasteiger partial charge in [0.15, 0.2) is 0 Å². The fourth-order valence-corrected chi connectivity index (χ4v) is 4.04. The molecule has 1 aromatic rings. The van der Waals surface area contributed by atoms with E-state index in [9.17, 15) is 0 Å². The second-order valence-corrected chi connectivity index (χ2v) is 7.15. The monoisotopic (exact) mass is 311 g/mol. The van der Waals surface area contributed by atoms with E-state index in [1.807, 2.05) is 6.92 Å². The summed E-state index contributed by atoms with van der Waals surface area (Å²) in [5.74, 6) is 0.906. The molecule has 1 aliphatic carbocycles. The van der Waals surface area contributed by atoms with Crippen LogP contribution in [0.2, 0.25) is 5.02 Å². The summed E-state index contributed by atoms with van der Waals surface area (Å²) in [5.41, 5.74) is 8.55. The first-order valence-electron chi connectivity index (χ1n) is 8.47. The Balaban J connectivity index is 2.13. The van der Waals surface area contributed by atoms with Crippen LogP contribution in [0, 0.1) is 18.3 Å². The molecule has 1 fully saturated rings. The molecule has 120 valence electrons. The second kappa shape index (κ2) is 7.15. The van der Waals surface area contributed by atoms with E-state index in [0.29, 0.717) is 0 Å². The Hall–Kier alpha value is -0.540. The lowest BCUT2D eigenvalue weighted by Crippen LogP contribution is -2.37. The average molecular weight is 312 g/mol. The van der Waals surface area contributed by atoms with Crippen LogP contribution in [0.4, 0.5) is 0 Å². The van der Waals surface area contributed by atoms with Crippen LogP contribution in [-0.2, 0) is 13.0 Å². The summed E-state index contributed by atoms with van der Waals surface area (Å²) in [6.07, 6.45) is 8.76. The zero-order valence-corrected chi connectivity index (χ0v) is 14.5. The second-order valence-electron chi connectivity index (χ2n) is 6.77. The van der Waals surface area contributed by atoms with E-state index in [2.05, 4.69) is 23.6 Å². The molecular formula is C17H30ClN3. The summed E-state index contributed by atoms with van der Waals surface area (Å²) in [7, 11) is 0. The SMILES string of the molecule is CCCC1CCC(CN)(Cc2c(Cl)c(C)nn2CC)CC1. The van der Waals surface area contributed by atoms with Crippen molar-refractivity contribution < 1.29 is 0 Å². The molecule has 0 amide bonds. The van der Waals surface area contributed by atoms with Crippen LogP contribution in [0.15, 0.2) is 0 Å². The number of hydrogen-bond acceptors (Lipinski definition) is 2. The molecule has 0 atom stereocenters. The Bertz CT molecular complexity index is 459. The van der Waals surface area contributed by atoms with Crippen LogP contribution in [0.25, 0.3) is 0 Å². The fraction of sp³-hybridized carbons (Fsp3) is 0.824. The summed E-state index contributed by atoms with van der Waals surface area (Å²) >= 11 is 6.49. The van der Waals surface area contributed by atoms with Gasteiger partial charge in [0.2, 0.25) is 0 Å². The van der Waals surface area contributed by atoms with Gasteiger partial charge < -0.3 is 5.73 Å². The molecule has 3 nitrogen and oxygen atoms in total. The number of nitrogens with two attached hydrogens (primary N) is 1. The van der Waals surface area contributed by atoms with Gasteiger partial charge in [-0.3, -0.25) is 4.68 Å². The molecule has 0 aliphatic heterocycles. The van der Waals surface area contributed by atoms with Crippen molar-refractivity contribution in [2.45, 2.75) is 72.3 Å². The van der Waals surface area contributed by atoms with E-state index in [1.54, 1.807) is 0 Å². The van der Waals surface area contributed by atoms with Gasteiger partial charge in [-0.15, -0.1) is 0 Å². The van der Waals surface area contributed by atoms with E-state index >= 15 is 0 Å². The highest BCUT2D eigenvalue weighted by Crippen LogP contribution is 2.43. The number of hydrogen-bond donors (Lipinski definition) is 1. The van der Waals surface area contributed by atoms with Gasteiger partial charge in [-0.05, 0) is 63.8 Å². The van der Waals surface area contributed by atoms with E-state index < -0.39 is 0 Å². The number of aryl methyl sites for hydroxylation is 2. The number of aromatic nitrogens is 2. The van der Waals surface area contributed by atoms with Gasteiger partial charge in [0, 0.05) is 6.54 Å². The summed E-state index contributed by atoms with van der Waals surface area (Å²) in [6.45, 7) is 8.04. The number of halogens is 1. The third kappa shape index (κ3) is 3.62. The van der Waals surface area contributed by atoms with Crippen molar-refractivity contribution in [3.05, 3.63) is 16.4 Å². The largest absolute Gasteiger partial charge is 0.330 e. The summed E-state index contributed by atoms with van der Waals surface area (Å²) in [4.78, 5) is 0. The fourth-order valence-electron chi connectivity index (χ4n) is 3.83.